The van der Waals surface area contributed by atoms with E-state index in [0.717, 1.165) is 56.1 Å². The molecule has 5 rings (SSSR count). The van der Waals surface area contributed by atoms with Crippen LogP contribution < -0.4 is 4.90 Å². The molecule has 9 heteroatoms. The number of hydrogen-bond acceptors (Lipinski definition) is 7. The number of aromatic nitrogens is 4. The zero-order chi connectivity index (χ0) is 21.2. The average Bonchev–Trinajstić information content (AvgIpc) is 3.52. The van der Waals surface area contributed by atoms with Gasteiger partial charge in [0.25, 0.3) is 5.89 Å². The number of aryl methyl sites for hydroxylation is 1. The second-order valence-corrected chi connectivity index (χ2v) is 7.89. The Bertz CT molecular complexity index is 1060. The van der Waals surface area contributed by atoms with E-state index >= 15 is 0 Å². The van der Waals surface area contributed by atoms with Crippen LogP contribution in [0, 0.1) is 6.92 Å². The molecule has 2 aromatic heterocycles. The third kappa shape index (κ3) is 3.95. The third-order valence-corrected chi connectivity index (χ3v) is 5.84. The molecule has 0 radical (unpaired) electrons. The van der Waals surface area contributed by atoms with Crippen molar-refractivity contribution in [2.75, 3.05) is 44.2 Å². The Hall–Kier alpha value is -3.49. The first kappa shape index (κ1) is 19.5. The van der Waals surface area contributed by atoms with E-state index in [1.54, 1.807) is 6.20 Å². The molecule has 2 aliphatic rings. The summed E-state index contributed by atoms with van der Waals surface area (Å²) in [5.41, 5.74) is 2.18. The van der Waals surface area contributed by atoms with E-state index in [1.165, 1.54) is 0 Å². The molecule has 0 aliphatic carbocycles. The van der Waals surface area contributed by atoms with Crippen LogP contribution in [0.25, 0.3) is 23.0 Å². The summed E-state index contributed by atoms with van der Waals surface area (Å²) in [5.74, 6) is 1.57. The topological polar surface area (TPSA) is 91.5 Å². The van der Waals surface area contributed by atoms with Crippen LogP contribution in [0.4, 0.5) is 10.6 Å². The van der Waals surface area contributed by atoms with Crippen LogP contribution in [0.5, 0.6) is 0 Å². The molecule has 4 heterocycles. The van der Waals surface area contributed by atoms with Gasteiger partial charge in [-0.1, -0.05) is 18.2 Å². The fourth-order valence-electron chi connectivity index (χ4n) is 4.05. The zero-order valence-corrected chi connectivity index (χ0v) is 17.6. The molecule has 0 spiro atoms. The van der Waals surface area contributed by atoms with Gasteiger partial charge in [-0.25, -0.2) is 9.78 Å². The van der Waals surface area contributed by atoms with E-state index in [-0.39, 0.29) is 7.46 Å². The van der Waals surface area contributed by atoms with Gasteiger partial charge in [0, 0.05) is 46.3 Å². The minimum Gasteiger partial charge on any atom is -0.415 e. The van der Waals surface area contributed by atoms with Crippen LogP contribution in [0.1, 0.15) is 20.0 Å². The summed E-state index contributed by atoms with van der Waals surface area (Å²) in [5, 5.41) is 8.36. The molecule has 0 atom stereocenters. The summed E-state index contributed by atoms with van der Waals surface area (Å²) in [6.07, 6.45) is 3.98. The average molecular weight is 422 g/mol. The van der Waals surface area contributed by atoms with Crippen LogP contribution in [-0.2, 0) is 0 Å². The molecule has 1 aromatic carbocycles. The largest absolute Gasteiger partial charge is 0.415 e. The van der Waals surface area contributed by atoms with Gasteiger partial charge in [0.15, 0.2) is 5.69 Å². The molecule has 0 unspecified atom stereocenters. The third-order valence-electron chi connectivity index (χ3n) is 5.84. The van der Waals surface area contributed by atoms with E-state index in [2.05, 4.69) is 20.1 Å². The first-order valence-electron chi connectivity index (χ1n) is 10.7. The first-order chi connectivity index (χ1) is 15.2. The van der Waals surface area contributed by atoms with Gasteiger partial charge in [-0.3, -0.25) is 4.98 Å². The van der Waals surface area contributed by atoms with Crippen molar-refractivity contribution in [2.45, 2.75) is 19.8 Å². The fraction of sp³-hybridized carbons (Fsp3) is 0.409. The second kappa shape index (κ2) is 8.33. The first-order valence-corrected chi connectivity index (χ1v) is 10.7. The van der Waals surface area contributed by atoms with E-state index in [9.17, 15) is 4.79 Å². The number of carbonyl (C=O) groups is 1. The highest BCUT2D eigenvalue weighted by Gasteiger charge is 2.28. The molecule has 2 saturated heterocycles. The number of hydrogen-bond donors (Lipinski definition) is 0. The Morgan fingerprint density at radius 1 is 0.935 bits per heavy atom. The SMILES string of the molecule is Cc1ncc(N2CCN(C(=O)N3CCCC3)CC2)nc1-c1nnc(-c2ccccc2)o1.[HH]. The molecule has 2 aliphatic heterocycles. The molecular formula is C22H27N7O2. The van der Waals surface area contributed by atoms with Gasteiger partial charge in [0.05, 0.1) is 11.9 Å². The van der Waals surface area contributed by atoms with Crippen LogP contribution in [0.2, 0.25) is 0 Å². The lowest BCUT2D eigenvalue weighted by Gasteiger charge is -2.37. The quantitative estimate of drug-likeness (QED) is 0.642. The van der Waals surface area contributed by atoms with Crippen molar-refractivity contribution in [1.29, 1.82) is 0 Å². The van der Waals surface area contributed by atoms with Gasteiger partial charge in [0.2, 0.25) is 5.89 Å². The highest BCUT2D eigenvalue weighted by molar-refractivity contribution is 5.75. The molecule has 0 saturated carbocycles. The molecule has 9 nitrogen and oxygen atoms in total. The number of nitrogens with zero attached hydrogens (tertiary/aromatic N) is 7. The standard InChI is InChI=1S/C22H25N7O2.H2/c1-16-19(21-26-25-20(31-21)17-7-3-2-4-8-17)24-18(15-23-16)27-11-13-29(14-12-27)22(30)28-9-5-6-10-28;/h2-4,7-8,15H,5-6,9-14H2,1H3;1H. The van der Waals surface area contributed by atoms with Crippen molar-refractivity contribution in [3.8, 4) is 23.0 Å². The van der Waals surface area contributed by atoms with Crippen molar-refractivity contribution in [2.24, 2.45) is 0 Å². The number of piperazine rings is 1. The van der Waals surface area contributed by atoms with Crippen molar-refractivity contribution in [3.05, 3.63) is 42.2 Å². The molecule has 0 N–H and O–H groups in total. The summed E-state index contributed by atoms with van der Waals surface area (Å²) < 4.78 is 5.88. The predicted molar refractivity (Wildman–Crippen MR) is 118 cm³/mol. The maximum Gasteiger partial charge on any atom is 0.320 e. The molecule has 3 aromatic rings. The maximum absolute atomic E-state index is 12.6. The molecular weight excluding hydrogens is 394 g/mol. The normalized spacial score (nSPS) is 16.7. The van der Waals surface area contributed by atoms with E-state index in [0.29, 0.717) is 30.6 Å². The van der Waals surface area contributed by atoms with Crippen LogP contribution >= 0.6 is 0 Å². The van der Waals surface area contributed by atoms with E-state index < -0.39 is 0 Å². The summed E-state index contributed by atoms with van der Waals surface area (Å²) in [4.78, 5) is 28.0. The Balaban J connectivity index is 0.00000245. The van der Waals surface area contributed by atoms with Gasteiger partial charge in [-0.15, -0.1) is 10.2 Å². The number of amides is 2. The lowest BCUT2D eigenvalue weighted by Crippen LogP contribution is -2.52. The lowest BCUT2D eigenvalue weighted by molar-refractivity contribution is 0.159. The Morgan fingerprint density at radius 3 is 2.35 bits per heavy atom. The minimum atomic E-state index is 0. The van der Waals surface area contributed by atoms with E-state index in [1.807, 2.05) is 47.1 Å². The summed E-state index contributed by atoms with van der Waals surface area (Å²) in [7, 11) is 0. The number of anilines is 1. The number of carbonyl (C=O) groups excluding carboxylic acids is 1. The van der Waals surface area contributed by atoms with Gasteiger partial charge in [0.1, 0.15) is 5.82 Å². The lowest BCUT2D eigenvalue weighted by atomic mass is 10.2. The van der Waals surface area contributed by atoms with Crippen LogP contribution in [0.3, 0.4) is 0 Å². The molecule has 2 amide bonds. The number of benzene rings is 1. The van der Waals surface area contributed by atoms with Crippen molar-refractivity contribution >= 4 is 11.8 Å². The van der Waals surface area contributed by atoms with Crippen molar-refractivity contribution in [1.82, 2.24) is 30.0 Å². The summed E-state index contributed by atoms with van der Waals surface area (Å²) in [6, 6.07) is 9.81. The van der Waals surface area contributed by atoms with E-state index in [4.69, 9.17) is 9.40 Å². The Kier molecular flexibility index (Phi) is 5.23. The molecule has 31 heavy (non-hydrogen) atoms. The van der Waals surface area contributed by atoms with Crippen molar-refractivity contribution < 1.29 is 10.6 Å². The van der Waals surface area contributed by atoms with Gasteiger partial charge >= 0.3 is 6.03 Å². The number of rotatable bonds is 3. The molecule has 162 valence electrons. The highest BCUT2D eigenvalue weighted by Crippen LogP contribution is 2.26. The summed E-state index contributed by atoms with van der Waals surface area (Å²) in [6.45, 7) is 6.43. The number of urea groups is 1. The Labute approximate surface area is 182 Å². The minimum absolute atomic E-state index is 0. The van der Waals surface area contributed by atoms with Crippen molar-refractivity contribution in [3.63, 3.8) is 0 Å². The van der Waals surface area contributed by atoms with Crippen LogP contribution in [-0.4, -0.2) is 75.3 Å². The number of likely N-dealkylation sites (tertiary alicyclic amines) is 1. The monoisotopic (exact) mass is 421 g/mol. The Morgan fingerprint density at radius 2 is 1.61 bits per heavy atom. The predicted octanol–water partition coefficient (Wildman–Crippen LogP) is 3.09. The summed E-state index contributed by atoms with van der Waals surface area (Å²) >= 11 is 0. The smallest absolute Gasteiger partial charge is 0.320 e. The fourth-order valence-corrected chi connectivity index (χ4v) is 4.05. The maximum atomic E-state index is 12.6. The van der Waals surface area contributed by atoms with Crippen LogP contribution in [0.15, 0.2) is 40.9 Å². The second-order valence-electron chi connectivity index (χ2n) is 7.89. The molecule has 2 fully saturated rings. The van der Waals surface area contributed by atoms with Gasteiger partial charge in [-0.05, 0) is 31.9 Å². The van der Waals surface area contributed by atoms with Gasteiger partial charge < -0.3 is 19.1 Å². The molecule has 0 bridgehead atoms. The zero-order valence-electron chi connectivity index (χ0n) is 17.6. The highest BCUT2D eigenvalue weighted by atomic mass is 16.4. The van der Waals surface area contributed by atoms with Gasteiger partial charge in [-0.2, -0.15) is 0 Å².